The van der Waals surface area contributed by atoms with E-state index in [9.17, 15) is 31.1 Å². The number of carbonyl (C=O) groups excluding carboxylic acids is 1. The average Bonchev–Trinajstić information content (AvgIpc) is 2.95. The zero-order valence-corrected chi connectivity index (χ0v) is 22.8. The standard InChI is InChI=1S/C30H27F6N5O/c1-39-10-12-41(13-11-39)28-37-17-25(26(38-28)24-9-5-7-20-6-3-4-8-23(20)24)27(42)40(2)18-19-14-21(29(31,32)33)16-22(15-19)30(34,35)36/h3-9,14-17H,10-13,18H2,1-2H3. The van der Waals surface area contributed by atoms with Crippen molar-refractivity contribution in [1.82, 2.24) is 19.8 Å². The fourth-order valence-corrected chi connectivity index (χ4v) is 4.99. The first-order chi connectivity index (χ1) is 19.8. The molecule has 220 valence electrons. The summed E-state index contributed by atoms with van der Waals surface area (Å²) < 4.78 is 80.4. The van der Waals surface area contributed by atoms with Crippen LogP contribution in [0.3, 0.4) is 0 Å². The molecule has 0 atom stereocenters. The molecule has 5 rings (SSSR count). The van der Waals surface area contributed by atoms with Crippen LogP contribution in [0.1, 0.15) is 27.0 Å². The second kappa shape index (κ2) is 11.2. The zero-order chi connectivity index (χ0) is 30.2. The second-order valence-corrected chi connectivity index (χ2v) is 10.3. The van der Waals surface area contributed by atoms with Crippen LogP contribution < -0.4 is 4.90 Å². The molecule has 6 nitrogen and oxygen atoms in total. The molecule has 1 amide bonds. The highest BCUT2D eigenvalue weighted by Gasteiger charge is 2.37. The van der Waals surface area contributed by atoms with E-state index in [0.29, 0.717) is 42.4 Å². The van der Waals surface area contributed by atoms with Crippen LogP contribution in [0.25, 0.3) is 22.0 Å². The van der Waals surface area contributed by atoms with Gasteiger partial charge in [-0.1, -0.05) is 42.5 Å². The summed E-state index contributed by atoms with van der Waals surface area (Å²) in [6.07, 6.45) is -8.61. The molecule has 0 unspecified atom stereocenters. The van der Waals surface area contributed by atoms with E-state index in [-0.39, 0.29) is 17.2 Å². The molecule has 42 heavy (non-hydrogen) atoms. The molecule has 1 aromatic heterocycles. The molecule has 0 bridgehead atoms. The number of hydrogen-bond acceptors (Lipinski definition) is 5. The predicted octanol–water partition coefficient (Wildman–Crippen LogP) is 6.36. The molecule has 1 aliphatic rings. The number of piperazine rings is 1. The first-order valence-electron chi connectivity index (χ1n) is 13.1. The SMILES string of the molecule is CN1CCN(c2ncc(C(=O)N(C)Cc3cc(C(F)(F)F)cc(C(F)(F)F)c3)c(-c3cccc4ccccc34)n2)CC1. The van der Waals surface area contributed by atoms with Crippen molar-refractivity contribution >= 4 is 22.6 Å². The third-order valence-corrected chi connectivity index (χ3v) is 7.25. The number of likely N-dealkylation sites (N-methyl/N-ethyl adjacent to an activating group) is 1. The summed E-state index contributed by atoms with van der Waals surface area (Å²) in [5.41, 5.74) is -2.13. The second-order valence-electron chi connectivity index (χ2n) is 10.3. The fraction of sp³-hybridized carbons (Fsp3) is 0.300. The highest BCUT2D eigenvalue weighted by Crippen LogP contribution is 2.37. The third kappa shape index (κ3) is 6.18. The topological polar surface area (TPSA) is 52.6 Å². The fourth-order valence-electron chi connectivity index (χ4n) is 4.99. The minimum absolute atomic E-state index is 0.0643. The van der Waals surface area contributed by atoms with E-state index in [1.165, 1.54) is 13.2 Å². The molecular formula is C30H27F6N5O. The van der Waals surface area contributed by atoms with Gasteiger partial charge >= 0.3 is 12.4 Å². The van der Waals surface area contributed by atoms with Crippen LogP contribution in [-0.4, -0.2) is 65.9 Å². The Morgan fingerprint density at radius 3 is 2.14 bits per heavy atom. The summed E-state index contributed by atoms with van der Waals surface area (Å²) in [5.74, 6) is -0.216. The monoisotopic (exact) mass is 587 g/mol. The third-order valence-electron chi connectivity index (χ3n) is 7.25. The van der Waals surface area contributed by atoms with Gasteiger partial charge in [-0.15, -0.1) is 0 Å². The lowest BCUT2D eigenvalue weighted by atomic mass is 9.99. The lowest BCUT2D eigenvalue weighted by Gasteiger charge is -2.32. The summed E-state index contributed by atoms with van der Waals surface area (Å²) in [6.45, 7) is 2.45. The molecule has 1 aliphatic heterocycles. The van der Waals surface area contributed by atoms with Crippen LogP contribution in [0.15, 0.2) is 66.9 Å². The van der Waals surface area contributed by atoms with Crippen LogP contribution in [0.5, 0.6) is 0 Å². The Labute approximate surface area is 238 Å². The summed E-state index contributed by atoms with van der Waals surface area (Å²) >= 11 is 0. The van der Waals surface area contributed by atoms with Crippen molar-refractivity contribution in [2.24, 2.45) is 0 Å². The van der Waals surface area contributed by atoms with Crippen molar-refractivity contribution in [3.05, 3.63) is 89.1 Å². The molecule has 12 heteroatoms. The molecule has 0 N–H and O–H groups in total. The van der Waals surface area contributed by atoms with Crippen molar-refractivity contribution in [1.29, 1.82) is 0 Å². The number of carbonyl (C=O) groups is 1. The summed E-state index contributed by atoms with van der Waals surface area (Å²) in [4.78, 5) is 28.2. The van der Waals surface area contributed by atoms with E-state index >= 15 is 0 Å². The Hall–Kier alpha value is -4.19. The number of alkyl halides is 6. The van der Waals surface area contributed by atoms with E-state index in [0.717, 1.165) is 28.8 Å². The Bertz CT molecular complexity index is 1570. The molecule has 4 aromatic rings. The van der Waals surface area contributed by atoms with Crippen LogP contribution in [-0.2, 0) is 18.9 Å². The quantitative estimate of drug-likeness (QED) is 0.255. The highest BCUT2D eigenvalue weighted by molar-refractivity contribution is 6.04. The number of nitrogens with zero attached hydrogens (tertiary/aromatic N) is 5. The van der Waals surface area contributed by atoms with Crippen LogP contribution >= 0.6 is 0 Å². The number of aromatic nitrogens is 2. The number of hydrogen-bond donors (Lipinski definition) is 0. The van der Waals surface area contributed by atoms with Gasteiger partial charge in [0, 0.05) is 51.5 Å². The van der Waals surface area contributed by atoms with Crippen LogP contribution in [0.4, 0.5) is 32.3 Å². The number of benzene rings is 3. The Balaban J connectivity index is 1.55. The Morgan fingerprint density at radius 1 is 0.881 bits per heavy atom. The zero-order valence-electron chi connectivity index (χ0n) is 22.8. The van der Waals surface area contributed by atoms with Crippen molar-refractivity contribution in [2.45, 2.75) is 18.9 Å². The van der Waals surface area contributed by atoms with Gasteiger partial charge in [0.05, 0.1) is 22.4 Å². The van der Waals surface area contributed by atoms with Gasteiger partial charge in [0.2, 0.25) is 5.95 Å². The van der Waals surface area contributed by atoms with Gasteiger partial charge in [0.1, 0.15) is 0 Å². The van der Waals surface area contributed by atoms with Crippen molar-refractivity contribution < 1.29 is 31.1 Å². The lowest BCUT2D eigenvalue weighted by molar-refractivity contribution is -0.143. The van der Waals surface area contributed by atoms with Crippen molar-refractivity contribution in [3.63, 3.8) is 0 Å². The largest absolute Gasteiger partial charge is 0.416 e. The first kappa shape index (κ1) is 29.3. The number of rotatable bonds is 5. The van der Waals surface area contributed by atoms with Gasteiger partial charge in [-0.05, 0) is 41.6 Å². The predicted molar refractivity (Wildman–Crippen MR) is 147 cm³/mol. The maximum absolute atomic E-state index is 13.8. The number of fused-ring (bicyclic) bond motifs is 1. The molecule has 0 spiro atoms. The normalized spacial score (nSPS) is 14.8. The first-order valence-corrected chi connectivity index (χ1v) is 13.1. The highest BCUT2D eigenvalue weighted by atomic mass is 19.4. The smallest absolute Gasteiger partial charge is 0.338 e. The summed E-state index contributed by atoms with van der Waals surface area (Å²) in [7, 11) is 3.33. The van der Waals surface area contributed by atoms with Gasteiger partial charge in [-0.2, -0.15) is 26.3 Å². The van der Waals surface area contributed by atoms with E-state index in [1.54, 1.807) is 0 Å². The van der Waals surface area contributed by atoms with Gasteiger partial charge in [0.25, 0.3) is 5.91 Å². The molecule has 1 saturated heterocycles. The van der Waals surface area contributed by atoms with E-state index in [2.05, 4.69) is 9.88 Å². The van der Waals surface area contributed by atoms with E-state index in [4.69, 9.17) is 4.98 Å². The summed E-state index contributed by atoms with van der Waals surface area (Å²) in [6, 6.07) is 14.4. The van der Waals surface area contributed by atoms with Crippen LogP contribution in [0.2, 0.25) is 0 Å². The van der Waals surface area contributed by atoms with Gasteiger partial charge in [0.15, 0.2) is 0 Å². The Kier molecular flexibility index (Phi) is 7.84. The van der Waals surface area contributed by atoms with Gasteiger partial charge < -0.3 is 14.7 Å². The van der Waals surface area contributed by atoms with Crippen molar-refractivity contribution in [2.75, 3.05) is 45.2 Å². The lowest BCUT2D eigenvalue weighted by Crippen LogP contribution is -2.45. The van der Waals surface area contributed by atoms with Gasteiger partial charge in [-0.25, -0.2) is 9.97 Å². The average molecular weight is 588 g/mol. The number of halogens is 6. The van der Waals surface area contributed by atoms with Crippen LogP contribution in [0, 0.1) is 0 Å². The van der Waals surface area contributed by atoms with Crippen molar-refractivity contribution in [3.8, 4) is 11.3 Å². The number of amides is 1. The number of anilines is 1. The molecule has 1 fully saturated rings. The van der Waals surface area contributed by atoms with Gasteiger partial charge in [-0.3, -0.25) is 4.79 Å². The maximum Gasteiger partial charge on any atom is 0.416 e. The Morgan fingerprint density at radius 2 is 1.50 bits per heavy atom. The molecule has 2 heterocycles. The molecule has 0 saturated carbocycles. The minimum atomic E-state index is -4.99. The minimum Gasteiger partial charge on any atom is -0.338 e. The maximum atomic E-state index is 13.8. The molecule has 3 aromatic carbocycles. The van der Waals surface area contributed by atoms with E-state index < -0.39 is 35.9 Å². The molecular weight excluding hydrogens is 560 g/mol. The molecule has 0 aliphatic carbocycles. The van der Waals surface area contributed by atoms with E-state index in [1.807, 2.05) is 54.4 Å². The molecule has 0 radical (unpaired) electrons. The summed E-state index contributed by atoms with van der Waals surface area (Å²) in [5, 5.41) is 1.73.